The zero-order valence-corrected chi connectivity index (χ0v) is 17.2. The van der Waals surface area contributed by atoms with Crippen molar-refractivity contribution in [1.82, 2.24) is 14.9 Å². The van der Waals surface area contributed by atoms with Crippen LogP contribution in [0.4, 0.5) is 0 Å². The Labute approximate surface area is 162 Å². The van der Waals surface area contributed by atoms with Crippen molar-refractivity contribution in [2.24, 2.45) is 5.92 Å². The maximum Gasteiger partial charge on any atom is 0.233 e. The van der Waals surface area contributed by atoms with Crippen LogP contribution in [0.5, 0.6) is 0 Å². The SMILES string of the molecule is C[C@@H]1CCc2c(sc3ncnc(SCC(=O)N4C[C@@H](C)O[C@@H](C)C4)c23)C1. The Kier molecular flexibility index (Phi) is 5.21. The topological polar surface area (TPSA) is 55.3 Å². The second-order valence-electron chi connectivity index (χ2n) is 7.56. The number of nitrogens with zero attached hydrogens (tertiary/aromatic N) is 3. The van der Waals surface area contributed by atoms with Crippen LogP contribution in [0.15, 0.2) is 11.4 Å². The molecule has 0 aromatic carbocycles. The van der Waals surface area contributed by atoms with Gasteiger partial charge in [0.25, 0.3) is 0 Å². The van der Waals surface area contributed by atoms with Crippen LogP contribution in [-0.4, -0.2) is 51.8 Å². The van der Waals surface area contributed by atoms with E-state index in [1.807, 2.05) is 18.7 Å². The van der Waals surface area contributed by atoms with Gasteiger partial charge in [0.15, 0.2) is 0 Å². The molecule has 2 aromatic rings. The summed E-state index contributed by atoms with van der Waals surface area (Å²) in [6.45, 7) is 7.71. The van der Waals surface area contributed by atoms with E-state index in [4.69, 9.17) is 4.74 Å². The first-order chi connectivity index (χ1) is 12.5. The molecular formula is C19H25N3O2S2. The lowest BCUT2D eigenvalue weighted by Crippen LogP contribution is -2.48. The lowest BCUT2D eigenvalue weighted by molar-refractivity contribution is -0.140. The summed E-state index contributed by atoms with van der Waals surface area (Å²) in [5, 5.41) is 2.16. The number of fused-ring (bicyclic) bond motifs is 3. The molecule has 1 aliphatic heterocycles. The van der Waals surface area contributed by atoms with Crippen molar-refractivity contribution in [2.75, 3.05) is 18.8 Å². The Bertz CT molecular complexity index is 812. The molecule has 1 fully saturated rings. The van der Waals surface area contributed by atoms with Gasteiger partial charge in [-0.1, -0.05) is 18.7 Å². The van der Waals surface area contributed by atoms with E-state index < -0.39 is 0 Å². The summed E-state index contributed by atoms with van der Waals surface area (Å²) in [6.07, 6.45) is 5.31. The molecule has 3 atom stereocenters. The van der Waals surface area contributed by atoms with E-state index in [1.54, 1.807) is 29.4 Å². The Morgan fingerprint density at radius 1 is 1.31 bits per heavy atom. The van der Waals surface area contributed by atoms with E-state index in [9.17, 15) is 4.79 Å². The third kappa shape index (κ3) is 3.62. The number of rotatable bonds is 3. The number of aromatic nitrogens is 2. The van der Waals surface area contributed by atoms with Gasteiger partial charge in [0, 0.05) is 23.4 Å². The third-order valence-electron chi connectivity index (χ3n) is 5.16. The average molecular weight is 392 g/mol. The van der Waals surface area contributed by atoms with Gasteiger partial charge in [0.05, 0.1) is 18.0 Å². The highest BCUT2D eigenvalue weighted by molar-refractivity contribution is 8.00. The molecule has 0 spiro atoms. The number of thioether (sulfide) groups is 1. The number of morpholine rings is 1. The van der Waals surface area contributed by atoms with Crippen LogP contribution in [0.1, 0.15) is 37.6 Å². The van der Waals surface area contributed by atoms with Crippen molar-refractivity contribution >= 4 is 39.2 Å². The smallest absolute Gasteiger partial charge is 0.233 e. The van der Waals surface area contributed by atoms with Gasteiger partial charge >= 0.3 is 0 Å². The second-order valence-corrected chi connectivity index (χ2v) is 9.60. The molecule has 0 N–H and O–H groups in total. The molecule has 0 radical (unpaired) electrons. The first-order valence-electron chi connectivity index (χ1n) is 9.32. The number of ether oxygens (including phenoxy) is 1. The van der Waals surface area contributed by atoms with Gasteiger partial charge in [0.1, 0.15) is 16.2 Å². The van der Waals surface area contributed by atoms with Crippen molar-refractivity contribution in [1.29, 1.82) is 0 Å². The molecular weight excluding hydrogens is 366 g/mol. The summed E-state index contributed by atoms with van der Waals surface area (Å²) >= 11 is 3.36. The van der Waals surface area contributed by atoms with E-state index in [2.05, 4.69) is 16.9 Å². The lowest BCUT2D eigenvalue weighted by Gasteiger charge is -2.35. The molecule has 1 saturated heterocycles. The molecule has 2 aliphatic rings. The Hall–Kier alpha value is -1.18. The number of hydrogen-bond donors (Lipinski definition) is 0. The number of carbonyl (C=O) groups is 1. The van der Waals surface area contributed by atoms with Gasteiger partial charge in [0.2, 0.25) is 5.91 Å². The fraction of sp³-hybridized carbons (Fsp3) is 0.632. The normalized spacial score (nSPS) is 26.1. The molecule has 1 amide bonds. The minimum absolute atomic E-state index is 0.101. The highest BCUT2D eigenvalue weighted by Gasteiger charge is 2.27. The number of aryl methyl sites for hydroxylation is 1. The molecule has 1 aliphatic carbocycles. The van der Waals surface area contributed by atoms with Crippen LogP contribution >= 0.6 is 23.1 Å². The van der Waals surface area contributed by atoms with Crippen molar-refractivity contribution in [3.63, 3.8) is 0 Å². The quantitative estimate of drug-likeness (QED) is 0.592. The van der Waals surface area contributed by atoms with E-state index in [-0.39, 0.29) is 18.1 Å². The summed E-state index contributed by atoms with van der Waals surface area (Å²) in [7, 11) is 0. The van der Waals surface area contributed by atoms with Gasteiger partial charge in [-0.3, -0.25) is 4.79 Å². The molecule has 0 bridgehead atoms. The summed E-state index contributed by atoms with van der Waals surface area (Å²) in [5.74, 6) is 1.33. The van der Waals surface area contributed by atoms with Crippen molar-refractivity contribution < 1.29 is 9.53 Å². The monoisotopic (exact) mass is 391 g/mol. The molecule has 2 aromatic heterocycles. The van der Waals surface area contributed by atoms with E-state index >= 15 is 0 Å². The van der Waals surface area contributed by atoms with Crippen LogP contribution < -0.4 is 0 Å². The second kappa shape index (κ2) is 7.44. The molecule has 5 nitrogen and oxygen atoms in total. The van der Waals surface area contributed by atoms with E-state index in [1.165, 1.54) is 22.2 Å². The Morgan fingerprint density at radius 2 is 2.08 bits per heavy atom. The van der Waals surface area contributed by atoms with Crippen LogP contribution in [0.25, 0.3) is 10.2 Å². The Balaban J connectivity index is 1.52. The maximum absolute atomic E-state index is 12.7. The molecule has 0 unspecified atom stereocenters. The number of hydrogen-bond acceptors (Lipinski definition) is 6. The van der Waals surface area contributed by atoms with Crippen LogP contribution in [0.3, 0.4) is 0 Å². The third-order valence-corrected chi connectivity index (χ3v) is 7.30. The van der Waals surface area contributed by atoms with Crippen LogP contribution in [-0.2, 0) is 22.4 Å². The van der Waals surface area contributed by atoms with Crippen LogP contribution in [0, 0.1) is 5.92 Å². The van der Waals surface area contributed by atoms with Gasteiger partial charge in [-0.25, -0.2) is 9.97 Å². The summed E-state index contributed by atoms with van der Waals surface area (Å²) < 4.78 is 5.73. The molecule has 26 heavy (non-hydrogen) atoms. The predicted octanol–water partition coefficient (Wildman–Crippen LogP) is 3.54. The van der Waals surface area contributed by atoms with Gasteiger partial charge < -0.3 is 9.64 Å². The van der Waals surface area contributed by atoms with Crippen LogP contribution in [0.2, 0.25) is 0 Å². The predicted molar refractivity (Wildman–Crippen MR) is 106 cm³/mol. The molecule has 3 heterocycles. The fourth-order valence-electron chi connectivity index (χ4n) is 3.96. The first-order valence-corrected chi connectivity index (χ1v) is 11.1. The molecule has 140 valence electrons. The molecule has 4 rings (SSSR count). The molecule has 7 heteroatoms. The van der Waals surface area contributed by atoms with Crippen molar-refractivity contribution in [3.05, 3.63) is 16.8 Å². The maximum atomic E-state index is 12.7. The number of amides is 1. The Morgan fingerprint density at radius 3 is 2.85 bits per heavy atom. The fourth-order valence-corrected chi connectivity index (χ4v) is 6.30. The highest BCUT2D eigenvalue weighted by Crippen LogP contribution is 2.40. The van der Waals surface area contributed by atoms with Gasteiger partial charge in [-0.2, -0.15) is 0 Å². The summed E-state index contributed by atoms with van der Waals surface area (Å²) in [6, 6.07) is 0. The number of thiophene rings is 1. The van der Waals surface area contributed by atoms with Crippen molar-refractivity contribution in [3.8, 4) is 0 Å². The first kappa shape index (κ1) is 18.2. The van der Waals surface area contributed by atoms with E-state index in [0.29, 0.717) is 18.8 Å². The van der Waals surface area contributed by atoms with E-state index in [0.717, 1.165) is 28.6 Å². The zero-order chi connectivity index (χ0) is 18.3. The summed E-state index contributed by atoms with van der Waals surface area (Å²) in [5.41, 5.74) is 1.42. The standard InChI is InChI=1S/C19H25N3O2S2/c1-11-4-5-14-15(6-11)26-19-17(14)18(20-10-21-19)25-9-16(23)22-7-12(2)24-13(3)8-22/h10-13H,4-9H2,1-3H3/t11-,12-,13+/m1/s1. The minimum Gasteiger partial charge on any atom is -0.372 e. The zero-order valence-electron chi connectivity index (χ0n) is 15.5. The number of carbonyl (C=O) groups excluding carboxylic acids is 1. The average Bonchev–Trinajstić information content (AvgIpc) is 2.96. The highest BCUT2D eigenvalue weighted by atomic mass is 32.2. The summed E-state index contributed by atoms with van der Waals surface area (Å²) in [4.78, 5) is 26.1. The molecule has 0 saturated carbocycles. The minimum atomic E-state index is 0.101. The van der Waals surface area contributed by atoms with Crippen molar-refractivity contribution in [2.45, 2.75) is 57.3 Å². The lowest BCUT2D eigenvalue weighted by atomic mass is 9.89. The largest absolute Gasteiger partial charge is 0.372 e. The van der Waals surface area contributed by atoms with Gasteiger partial charge in [-0.15, -0.1) is 11.3 Å². The van der Waals surface area contributed by atoms with Gasteiger partial charge in [-0.05, 0) is 44.6 Å².